The first kappa shape index (κ1) is 31.7. The molecule has 1 N–H and O–H groups in total. The minimum Gasteiger partial charge on any atom is -0.495 e. The first-order valence-corrected chi connectivity index (χ1v) is 14.8. The molecule has 2 aliphatic heterocycles. The van der Waals surface area contributed by atoms with E-state index >= 15 is 0 Å². The zero-order chi connectivity index (χ0) is 31.8. The zero-order valence-electron chi connectivity index (χ0n) is 22.7. The van der Waals surface area contributed by atoms with E-state index in [0.717, 1.165) is 17.8 Å². The molecule has 0 aliphatic carbocycles. The van der Waals surface area contributed by atoms with Crippen molar-refractivity contribution in [3.05, 3.63) is 89.1 Å². The monoisotopic (exact) mass is 684 g/mol. The second-order valence-electron chi connectivity index (χ2n) is 9.66. The van der Waals surface area contributed by atoms with Crippen molar-refractivity contribution in [3.63, 3.8) is 0 Å². The van der Waals surface area contributed by atoms with Gasteiger partial charge < -0.3 is 19.4 Å². The molecule has 0 bridgehead atoms. The molecule has 0 saturated carbocycles. The number of azide groups is 1. The first-order valence-electron chi connectivity index (χ1n) is 12.9. The Kier molecular flexibility index (Phi) is 9.19. The number of ether oxygens (including phenoxy) is 2. The van der Waals surface area contributed by atoms with Gasteiger partial charge in [-0.05, 0) is 64.5 Å². The number of aromatic nitrogens is 1. The molecule has 1 aromatic heterocycles. The molecule has 0 spiro atoms. The summed E-state index contributed by atoms with van der Waals surface area (Å²) in [6.07, 6.45) is 0.102. The number of anilines is 1. The number of fused-ring (bicyclic) bond motifs is 1. The Labute approximate surface area is 267 Å². The SMILES string of the molecule is COc1cc2c(cc1N1CCCOC1=O)CN(C(=O)c1c(Sc3c(Cl)ccc(CN=[N+]=[N-])c3Cl)cc(C(F)(F)Cl)[nH]c1=O)C2. The third-order valence-electron chi connectivity index (χ3n) is 6.94. The number of nitrogens with one attached hydrogen (secondary N) is 1. The highest BCUT2D eigenvalue weighted by Crippen LogP contribution is 2.44. The molecule has 3 aromatic rings. The van der Waals surface area contributed by atoms with Gasteiger partial charge in [-0.3, -0.25) is 14.5 Å². The van der Waals surface area contributed by atoms with Gasteiger partial charge in [-0.25, -0.2) is 4.79 Å². The quantitative estimate of drug-likeness (QED) is 0.113. The number of carbonyl (C=O) groups is 2. The Hall–Kier alpha value is -3.68. The van der Waals surface area contributed by atoms with Crippen molar-refractivity contribution in [2.24, 2.45) is 5.11 Å². The van der Waals surface area contributed by atoms with E-state index in [1.54, 1.807) is 12.1 Å². The molecule has 230 valence electrons. The predicted octanol–water partition coefficient (Wildman–Crippen LogP) is 7.44. The number of halogens is 5. The van der Waals surface area contributed by atoms with Crippen molar-refractivity contribution in [3.8, 4) is 5.75 Å². The number of pyridine rings is 1. The minimum atomic E-state index is -3.96. The number of hydrogen-bond acceptors (Lipinski definition) is 7. The van der Waals surface area contributed by atoms with Gasteiger partial charge >= 0.3 is 11.5 Å². The normalized spacial score (nSPS) is 14.6. The van der Waals surface area contributed by atoms with Crippen LogP contribution in [0.3, 0.4) is 0 Å². The zero-order valence-corrected chi connectivity index (χ0v) is 25.8. The van der Waals surface area contributed by atoms with E-state index in [0.29, 0.717) is 47.7 Å². The average Bonchev–Trinajstić information content (AvgIpc) is 3.40. The molecule has 3 heterocycles. The third kappa shape index (κ3) is 6.26. The van der Waals surface area contributed by atoms with E-state index in [1.165, 1.54) is 29.0 Å². The van der Waals surface area contributed by atoms with Gasteiger partial charge in [-0.2, -0.15) is 8.78 Å². The molecule has 44 heavy (non-hydrogen) atoms. The van der Waals surface area contributed by atoms with Crippen molar-refractivity contribution < 1.29 is 27.8 Å². The van der Waals surface area contributed by atoms with E-state index in [1.807, 2.05) is 4.98 Å². The second kappa shape index (κ2) is 12.7. The van der Waals surface area contributed by atoms with Gasteiger partial charge in [0.25, 0.3) is 11.5 Å². The Bertz CT molecular complexity index is 1780. The summed E-state index contributed by atoms with van der Waals surface area (Å²) >= 11 is 18.8. The molecule has 17 heteroatoms. The Morgan fingerprint density at radius 2 is 1.95 bits per heavy atom. The molecule has 2 aliphatic rings. The van der Waals surface area contributed by atoms with E-state index in [2.05, 4.69) is 10.0 Å². The lowest BCUT2D eigenvalue weighted by Gasteiger charge is -2.28. The summed E-state index contributed by atoms with van der Waals surface area (Å²) in [7, 11) is 1.45. The molecule has 0 unspecified atom stereocenters. The standard InChI is InChI=1S/C27H21Cl3F2N6O5S/c1-42-18-8-15-12-37(11-14(15)7-17(18)38-5-2-6-43-26(38)41)25(40)21-19(9-20(27(30,31)32)35-24(21)39)44-23-16(28)4-3-13(22(23)29)10-34-36-33/h3-4,7-9H,2,5-6,10-12H2,1H3,(H,35,39). The van der Waals surface area contributed by atoms with Gasteiger partial charge in [0.15, 0.2) is 0 Å². The lowest BCUT2D eigenvalue weighted by molar-refractivity contribution is 0.0740. The minimum absolute atomic E-state index is 0.0498. The van der Waals surface area contributed by atoms with Gasteiger partial charge in [-0.15, -0.1) is 0 Å². The molecule has 0 atom stereocenters. The van der Waals surface area contributed by atoms with Crippen LogP contribution in [0.15, 0.2) is 50.0 Å². The molecule has 1 fully saturated rings. The molecule has 2 aromatic carbocycles. The Balaban J connectivity index is 1.53. The summed E-state index contributed by atoms with van der Waals surface area (Å²) < 4.78 is 39.0. The largest absolute Gasteiger partial charge is 0.495 e. The number of alkyl halides is 3. The summed E-state index contributed by atoms with van der Waals surface area (Å²) in [5, 5.41) is -0.317. The lowest BCUT2D eigenvalue weighted by Crippen LogP contribution is -2.38. The fourth-order valence-electron chi connectivity index (χ4n) is 4.84. The number of rotatable bonds is 8. The molecular weight excluding hydrogens is 665 g/mol. The number of methoxy groups -OCH3 is 1. The second-order valence-corrected chi connectivity index (χ2v) is 12.0. The number of nitrogens with zero attached hydrogens (tertiary/aromatic N) is 5. The highest BCUT2D eigenvalue weighted by molar-refractivity contribution is 7.99. The molecule has 5 rings (SSSR count). The number of carbonyl (C=O) groups excluding carboxylic acids is 2. The van der Waals surface area contributed by atoms with E-state index < -0.39 is 34.2 Å². The van der Waals surface area contributed by atoms with Crippen molar-refractivity contribution in [2.45, 2.75) is 41.2 Å². The number of H-pyrrole nitrogens is 1. The molecule has 1 saturated heterocycles. The van der Waals surface area contributed by atoms with E-state index in [9.17, 15) is 23.2 Å². The Morgan fingerprint density at radius 1 is 1.23 bits per heavy atom. The average molecular weight is 686 g/mol. The van der Waals surface area contributed by atoms with Crippen LogP contribution in [0.4, 0.5) is 19.3 Å². The third-order valence-corrected chi connectivity index (χ3v) is 9.28. The first-order chi connectivity index (χ1) is 20.9. The van der Waals surface area contributed by atoms with Crippen molar-refractivity contribution in [1.82, 2.24) is 9.88 Å². The molecule has 0 radical (unpaired) electrons. The van der Waals surface area contributed by atoms with Crippen LogP contribution in [-0.2, 0) is 29.8 Å². The van der Waals surface area contributed by atoms with Crippen molar-refractivity contribution in [2.75, 3.05) is 25.2 Å². The van der Waals surface area contributed by atoms with Crippen LogP contribution in [0.25, 0.3) is 10.4 Å². The van der Waals surface area contributed by atoms with Crippen molar-refractivity contribution in [1.29, 1.82) is 0 Å². The van der Waals surface area contributed by atoms with Crippen molar-refractivity contribution >= 4 is 64.3 Å². The van der Waals surface area contributed by atoms with Gasteiger partial charge in [0.05, 0.1) is 36.0 Å². The smallest absolute Gasteiger partial charge is 0.414 e. The summed E-state index contributed by atoms with van der Waals surface area (Å²) in [5.74, 6) is -0.366. The van der Waals surface area contributed by atoms with E-state index in [4.69, 9.17) is 49.8 Å². The number of benzene rings is 2. The van der Waals surface area contributed by atoms with Gasteiger partial charge in [-0.1, -0.05) is 46.1 Å². The lowest BCUT2D eigenvalue weighted by atomic mass is 10.1. The highest BCUT2D eigenvalue weighted by Gasteiger charge is 2.35. The fraction of sp³-hybridized carbons (Fsp3) is 0.296. The number of aromatic amines is 1. The van der Waals surface area contributed by atoms with Crippen LogP contribution in [0.1, 0.15) is 39.2 Å². The van der Waals surface area contributed by atoms with Crippen LogP contribution in [-0.4, -0.2) is 42.1 Å². The van der Waals surface area contributed by atoms with E-state index in [-0.39, 0.29) is 39.5 Å². The topological polar surface area (TPSA) is 141 Å². The number of hydrogen-bond donors (Lipinski definition) is 1. The summed E-state index contributed by atoms with van der Waals surface area (Å²) in [6.45, 7) is 0.713. The van der Waals surface area contributed by atoms with Gasteiger partial charge in [0, 0.05) is 34.3 Å². The Morgan fingerprint density at radius 3 is 2.61 bits per heavy atom. The van der Waals surface area contributed by atoms with Crippen LogP contribution >= 0.6 is 46.6 Å². The maximum atomic E-state index is 14.2. The van der Waals surface area contributed by atoms with Gasteiger partial charge in [0.2, 0.25) is 0 Å². The van der Waals surface area contributed by atoms with Crippen LogP contribution in [0.2, 0.25) is 10.0 Å². The summed E-state index contributed by atoms with van der Waals surface area (Å²) in [5.41, 5.74) is 8.47. The maximum Gasteiger partial charge on any atom is 0.414 e. The maximum absolute atomic E-state index is 14.2. The summed E-state index contributed by atoms with van der Waals surface area (Å²) in [4.78, 5) is 47.0. The van der Waals surface area contributed by atoms with Gasteiger partial charge in [0.1, 0.15) is 17.0 Å². The van der Waals surface area contributed by atoms with Crippen LogP contribution < -0.4 is 15.2 Å². The fourth-order valence-corrected chi connectivity index (χ4v) is 6.67. The summed E-state index contributed by atoms with van der Waals surface area (Å²) in [6, 6.07) is 7.31. The van der Waals surface area contributed by atoms with Crippen LogP contribution in [0.5, 0.6) is 5.75 Å². The highest BCUT2D eigenvalue weighted by atomic mass is 35.5. The molecule has 11 nitrogen and oxygen atoms in total. The number of amides is 2. The molecule has 2 amide bonds. The van der Waals surface area contributed by atoms with Crippen LogP contribution in [0, 0.1) is 0 Å². The predicted molar refractivity (Wildman–Crippen MR) is 160 cm³/mol. The number of cyclic esters (lactones) is 1. The molecular formula is C27H21Cl3F2N6O5S.